The summed E-state index contributed by atoms with van der Waals surface area (Å²) in [6, 6.07) is 4.65. The van der Waals surface area contributed by atoms with Gasteiger partial charge in [0.15, 0.2) is 0 Å². The molecule has 0 bridgehead atoms. The number of sulfonamides is 1. The standard InChI is InChI=1S/C15H19ClN2O5S/c1-2-23-15(20)7-6-14(19)17-13-5-4-11(10-12(13)16)18-8-3-9-24(18,21)22/h4-5,10H,2-3,6-9H2,1H3,(H,17,19). The summed E-state index contributed by atoms with van der Waals surface area (Å²) in [5.74, 6) is -0.684. The van der Waals surface area contributed by atoms with E-state index in [1.54, 1.807) is 19.1 Å². The third kappa shape index (κ3) is 4.61. The van der Waals surface area contributed by atoms with Gasteiger partial charge < -0.3 is 10.1 Å². The summed E-state index contributed by atoms with van der Waals surface area (Å²) in [7, 11) is -3.28. The first-order valence-electron chi connectivity index (χ1n) is 7.59. The Bertz CT molecular complexity index is 735. The molecule has 1 aliphatic rings. The lowest BCUT2D eigenvalue weighted by atomic mass is 10.2. The number of halogens is 1. The minimum Gasteiger partial charge on any atom is -0.466 e. The van der Waals surface area contributed by atoms with Gasteiger partial charge >= 0.3 is 5.97 Å². The molecule has 1 aliphatic heterocycles. The van der Waals surface area contributed by atoms with Gasteiger partial charge in [0.05, 0.1) is 35.2 Å². The topological polar surface area (TPSA) is 92.8 Å². The van der Waals surface area contributed by atoms with Crippen LogP contribution in [0.5, 0.6) is 0 Å². The molecular formula is C15H19ClN2O5S. The molecule has 1 N–H and O–H groups in total. The highest BCUT2D eigenvalue weighted by molar-refractivity contribution is 7.93. The number of rotatable bonds is 6. The third-order valence-corrected chi connectivity index (χ3v) is 5.66. The van der Waals surface area contributed by atoms with Crippen molar-refractivity contribution in [1.29, 1.82) is 0 Å². The second-order valence-corrected chi connectivity index (χ2v) is 7.68. The molecule has 1 fully saturated rings. The van der Waals surface area contributed by atoms with Crippen LogP contribution in [0.15, 0.2) is 18.2 Å². The average Bonchev–Trinajstić information content (AvgIpc) is 2.87. The number of ether oxygens (including phenoxy) is 1. The lowest BCUT2D eigenvalue weighted by Gasteiger charge is -2.18. The van der Waals surface area contributed by atoms with E-state index in [2.05, 4.69) is 5.32 Å². The Morgan fingerprint density at radius 2 is 2.08 bits per heavy atom. The average molecular weight is 375 g/mol. The summed E-state index contributed by atoms with van der Waals surface area (Å²) < 4.78 is 29.9. The highest BCUT2D eigenvalue weighted by Crippen LogP contribution is 2.31. The Morgan fingerprint density at radius 1 is 1.33 bits per heavy atom. The van der Waals surface area contributed by atoms with Crippen molar-refractivity contribution in [2.45, 2.75) is 26.2 Å². The molecule has 1 aromatic carbocycles. The van der Waals surface area contributed by atoms with Gasteiger partial charge in [0.25, 0.3) is 0 Å². The number of carbonyl (C=O) groups is 2. The summed E-state index contributed by atoms with van der Waals surface area (Å²) in [5.41, 5.74) is 0.841. The second-order valence-electron chi connectivity index (χ2n) is 5.26. The molecule has 9 heteroatoms. The largest absolute Gasteiger partial charge is 0.466 e. The minimum atomic E-state index is -3.28. The van der Waals surface area contributed by atoms with Crippen molar-refractivity contribution in [2.75, 3.05) is 28.5 Å². The number of amides is 1. The molecule has 24 heavy (non-hydrogen) atoms. The zero-order valence-corrected chi connectivity index (χ0v) is 14.8. The molecular weight excluding hydrogens is 356 g/mol. The number of nitrogens with one attached hydrogen (secondary N) is 1. The van der Waals surface area contributed by atoms with Crippen LogP contribution in [0, 0.1) is 0 Å². The second kappa shape index (κ2) is 7.85. The van der Waals surface area contributed by atoms with Crippen molar-refractivity contribution in [3.63, 3.8) is 0 Å². The molecule has 0 aliphatic carbocycles. The predicted molar refractivity (Wildman–Crippen MR) is 91.7 cm³/mol. The van der Waals surface area contributed by atoms with Crippen LogP contribution in [0.25, 0.3) is 0 Å². The first-order chi connectivity index (χ1) is 11.3. The lowest BCUT2D eigenvalue weighted by Crippen LogP contribution is -2.25. The Hall–Kier alpha value is -1.80. The van der Waals surface area contributed by atoms with Gasteiger partial charge in [-0.25, -0.2) is 8.42 Å². The molecule has 1 saturated heterocycles. The number of hydrogen-bond donors (Lipinski definition) is 1. The molecule has 132 valence electrons. The van der Waals surface area contributed by atoms with E-state index < -0.39 is 16.0 Å². The van der Waals surface area contributed by atoms with E-state index in [1.807, 2.05) is 0 Å². The molecule has 0 unspecified atom stereocenters. The van der Waals surface area contributed by atoms with Gasteiger partial charge in [-0.05, 0) is 31.5 Å². The van der Waals surface area contributed by atoms with E-state index in [0.29, 0.717) is 24.3 Å². The molecule has 1 aromatic rings. The predicted octanol–water partition coefficient (Wildman–Crippen LogP) is 2.16. The summed E-state index contributed by atoms with van der Waals surface area (Å²) in [6.45, 7) is 2.39. The van der Waals surface area contributed by atoms with Crippen molar-refractivity contribution in [3.8, 4) is 0 Å². The Kier molecular flexibility index (Phi) is 6.06. The SMILES string of the molecule is CCOC(=O)CCC(=O)Nc1ccc(N2CCCS2(=O)=O)cc1Cl. The lowest BCUT2D eigenvalue weighted by molar-refractivity contribution is -0.144. The Balaban J connectivity index is 2.00. The van der Waals surface area contributed by atoms with Crippen LogP contribution in [-0.2, 0) is 24.3 Å². The molecule has 1 amide bonds. The maximum absolute atomic E-state index is 11.9. The van der Waals surface area contributed by atoms with Gasteiger partial charge in [-0.15, -0.1) is 0 Å². The van der Waals surface area contributed by atoms with Crippen LogP contribution in [0.2, 0.25) is 5.02 Å². The van der Waals surface area contributed by atoms with Crippen molar-refractivity contribution in [2.24, 2.45) is 0 Å². The highest BCUT2D eigenvalue weighted by atomic mass is 35.5. The first-order valence-corrected chi connectivity index (χ1v) is 9.57. The highest BCUT2D eigenvalue weighted by Gasteiger charge is 2.28. The quantitative estimate of drug-likeness (QED) is 0.770. The van der Waals surface area contributed by atoms with Crippen LogP contribution in [-0.4, -0.2) is 39.2 Å². The number of benzene rings is 1. The molecule has 0 spiro atoms. The smallest absolute Gasteiger partial charge is 0.306 e. The van der Waals surface area contributed by atoms with Crippen LogP contribution >= 0.6 is 11.6 Å². The zero-order chi connectivity index (χ0) is 17.7. The Morgan fingerprint density at radius 3 is 2.67 bits per heavy atom. The van der Waals surface area contributed by atoms with E-state index >= 15 is 0 Å². The number of esters is 1. The number of carbonyl (C=O) groups excluding carboxylic acids is 2. The number of anilines is 2. The van der Waals surface area contributed by atoms with Crippen LogP contribution in [0.4, 0.5) is 11.4 Å². The van der Waals surface area contributed by atoms with Gasteiger partial charge in [0.1, 0.15) is 0 Å². The van der Waals surface area contributed by atoms with Gasteiger partial charge in [-0.2, -0.15) is 0 Å². The van der Waals surface area contributed by atoms with Gasteiger partial charge in [0.2, 0.25) is 15.9 Å². The number of nitrogens with zero attached hydrogens (tertiary/aromatic N) is 1. The molecule has 7 nitrogen and oxygen atoms in total. The van der Waals surface area contributed by atoms with E-state index in [4.69, 9.17) is 16.3 Å². The molecule has 2 rings (SSSR count). The summed E-state index contributed by atoms with van der Waals surface area (Å²) in [4.78, 5) is 23.1. The van der Waals surface area contributed by atoms with E-state index in [9.17, 15) is 18.0 Å². The fourth-order valence-electron chi connectivity index (χ4n) is 2.35. The van der Waals surface area contributed by atoms with Crippen molar-refractivity contribution in [3.05, 3.63) is 23.2 Å². The molecule has 0 radical (unpaired) electrons. The molecule has 1 heterocycles. The van der Waals surface area contributed by atoms with Crippen molar-refractivity contribution in [1.82, 2.24) is 0 Å². The Labute approximate surface area is 146 Å². The maximum atomic E-state index is 11.9. The molecule has 0 saturated carbocycles. The van der Waals surface area contributed by atoms with Crippen LogP contribution < -0.4 is 9.62 Å². The van der Waals surface area contributed by atoms with Gasteiger partial charge in [-0.1, -0.05) is 11.6 Å². The normalized spacial score (nSPS) is 16.0. The van der Waals surface area contributed by atoms with Gasteiger partial charge in [0, 0.05) is 13.0 Å². The monoisotopic (exact) mass is 374 g/mol. The van der Waals surface area contributed by atoms with Gasteiger partial charge in [-0.3, -0.25) is 13.9 Å². The van der Waals surface area contributed by atoms with E-state index in [0.717, 1.165) is 0 Å². The van der Waals surface area contributed by atoms with Crippen molar-refractivity contribution >= 4 is 44.9 Å². The molecule has 0 aromatic heterocycles. The number of hydrogen-bond acceptors (Lipinski definition) is 5. The zero-order valence-electron chi connectivity index (χ0n) is 13.2. The van der Waals surface area contributed by atoms with Crippen LogP contribution in [0.3, 0.4) is 0 Å². The minimum absolute atomic E-state index is 0.0125. The van der Waals surface area contributed by atoms with Crippen molar-refractivity contribution < 1.29 is 22.7 Å². The summed E-state index contributed by atoms with van der Waals surface area (Å²) >= 11 is 6.13. The maximum Gasteiger partial charge on any atom is 0.306 e. The summed E-state index contributed by atoms with van der Waals surface area (Å²) in [6.07, 6.45) is 0.547. The fraction of sp³-hybridized carbons (Fsp3) is 0.467. The third-order valence-electron chi connectivity index (χ3n) is 3.48. The summed E-state index contributed by atoms with van der Waals surface area (Å²) in [5, 5.41) is 2.83. The molecule has 0 atom stereocenters. The first kappa shape index (κ1) is 18.5. The van der Waals surface area contributed by atoms with E-state index in [-0.39, 0.29) is 36.1 Å². The van der Waals surface area contributed by atoms with E-state index in [1.165, 1.54) is 10.4 Å². The van der Waals surface area contributed by atoms with Crippen LogP contribution in [0.1, 0.15) is 26.2 Å². The fourth-order valence-corrected chi connectivity index (χ4v) is 4.13.